The Morgan fingerprint density at radius 2 is 0.746 bits per heavy atom. The van der Waals surface area contributed by atoms with Gasteiger partial charge in [0.1, 0.15) is 42.3 Å². The molecule has 334 valence electrons. The van der Waals surface area contributed by atoms with Crippen LogP contribution in [0, 0.1) is 11.8 Å². The smallest absolute Gasteiger partial charge is 0.326 e. The first-order valence-corrected chi connectivity index (χ1v) is 19.1. The lowest BCUT2D eigenvalue weighted by molar-refractivity contribution is -0.143. The molecule has 0 aromatic heterocycles. The van der Waals surface area contributed by atoms with Crippen molar-refractivity contribution in [3.05, 3.63) is 0 Å². The fraction of sp³-hybridized carbons (Fsp3) is 0.694. The number of carboxylic acid groups (broad SMARTS) is 3. The van der Waals surface area contributed by atoms with Crippen LogP contribution < -0.4 is 48.7 Å². The fourth-order valence-corrected chi connectivity index (χ4v) is 5.20. The van der Waals surface area contributed by atoms with Gasteiger partial charge in [0.25, 0.3) is 0 Å². The third-order valence-corrected chi connectivity index (χ3v) is 8.52. The number of rotatable bonds is 28. The summed E-state index contributed by atoms with van der Waals surface area (Å²) in [7, 11) is 0. The van der Waals surface area contributed by atoms with Crippen LogP contribution in [0.2, 0.25) is 0 Å². The average Bonchev–Trinajstić information content (AvgIpc) is 3.11. The summed E-state index contributed by atoms with van der Waals surface area (Å²) in [6.07, 6.45) is -2.08. The molecule has 59 heavy (non-hydrogen) atoms. The van der Waals surface area contributed by atoms with Gasteiger partial charge in [-0.3, -0.25) is 47.9 Å². The molecular formula is C36H61N9O14. The molecule has 0 aromatic carbocycles. The summed E-state index contributed by atoms with van der Waals surface area (Å²) in [6.45, 7) is 10.8. The molecule has 23 heteroatoms. The molecule has 0 aliphatic rings. The van der Waals surface area contributed by atoms with Crippen LogP contribution in [0.5, 0.6) is 0 Å². The minimum atomic E-state index is -1.56. The molecule has 0 saturated carbocycles. The SMILES string of the molecule is CC(C)C[C@H](NC(=O)[C@H](CCC(=O)O)NC(=O)[C@H](C)NC(=O)[C@H](C)NC(=O)[C@H](CC(C)C)NC(=O)[C@@H](N)CCC(N)=O)C(=O)N[C@@H](C)C(=O)N[C@@H](CCC(=O)O)C(=O)O. The van der Waals surface area contributed by atoms with Crippen molar-refractivity contribution in [1.29, 1.82) is 0 Å². The van der Waals surface area contributed by atoms with Crippen molar-refractivity contribution in [2.75, 3.05) is 0 Å². The van der Waals surface area contributed by atoms with Crippen molar-refractivity contribution in [1.82, 2.24) is 37.2 Å². The van der Waals surface area contributed by atoms with Gasteiger partial charge in [0.2, 0.25) is 47.3 Å². The van der Waals surface area contributed by atoms with E-state index in [-0.39, 0.29) is 37.5 Å². The first-order chi connectivity index (χ1) is 27.2. The quantitative estimate of drug-likeness (QED) is 0.0372. The summed E-state index contributed by atoms with van der Waals surface area (Å²) in [5.74, 6) is -11.1. The summed E-state index contributed by atoms with van der Waals surface area (Å²) < 4.78 is 0. The lowest BCUT2D eigenvalue weighted by atomic mass is 10.0. The van der Waals surface area contributed by atoms with Gasteiger partial charge < -0.3 is 64.0 Å². The molecule has 0 aromatic rings. The molecule has 14 N–H and O–H groups in total. The molecule has 0 heterocycles. The maximum absolute atomic E-state index is 13.5. The van der Waals surface area contributed by atoms with E-state index in [0.717, 1.165) is 0 Å². The zero-order valence-corrected chi connectivity index (χ0v) is 34.4. The Hall–Kier alpha value is -5.87. The van der Waals surface area contributed by atoms with E-state index in [1.54, 1.807) is 27.7 Å². The predicted molar refractivity (Wildman–Crippen MR) is 207 cm³/mol. The lowest BCUT2D eigenvalue weighted by Crippen LogP contribution is -2.59. The summed E-state index contributed by atoms with van der Waals surface area (Å²) in [5, 5.41) is 44.1. The topological polar surface area (TPSA) is 385 Å². The number of primary amides is 1. The normalized spacial score (nSPS) is 15.1. The third kappa shape index (κ3) is 22.0. The standard InChI is InChI=1S/C36H61N9O14/c1-16(2)14-24(44-32(54)21(37)8-11-26(38)46)34(56)40-18(5)29(51)39-19(6)30(52)42-22(9-12-27(47)48)33(55)45-25(15-17(3)4)35(57)41-20(7)31(53)43-23(36(58)59)10-13-28(49)50/h16-25H,8-15,37H2,1-7H3,(H2,38,46)(H,39,51)(H,40,56)(H,41,57)(H,42,52)(H,43,53)(H,44,54)(H,45,55)(H,47,48)(H,49,50)(H,58,59)/t18-,19-,20-,21-,22-,23-,24-,25-/m0/s1. The molecular weight excluding hydrogens is 782 g/mol. The molecule has 0 aliphatic heterocycles. The van der Waals surface area contributed by atoms with E-state index in [2.05, 4.69) is 37.2 Å². The third-order valence-electron chi connectivity index (χ3n) is 8.52. The number of hydrogen-bond acceptors (Lipinski definition) is 12. The van der Waals surface area contributed by atoms with Gasteiger partial charge in [-0.05, 0) is 64.7 Å². The largest absolute Gasteiger partial charge is 0.481 e. The summed E-state index contributed by atoms with van der Waals surface area (Å²) in [4.78, 5) is 136. The van der Waals surface area contributed by atoms with Crippen LogP contribution in [0.25, 0.3) is 0 Å². The molecule has 0 spiro atoms. The highest BCUT2D eigenvalue weighted by Gasteiger charge is 2.33. The first kappa shape index (κ1) is 53.1. The summed E-state index contributed by atoms with van der Waals surface area (Å²) in [5.41, 5.74) is 10.9. The zero-order valence-electron chi connectivity index (χ0n) is 34.4. The molecule has 8 atom stereocenters. The highest BCUT2D eigenvalue weighted by molar-refractivity contribution is 5.97. The number of amides is 8. The van der Waals surface area contributed by atoms with E-state index < -0.39 is 139 Å². The first-order valence-electron chi connectivity index (χ1n) is 19.1. The maximum Gasteiger partial charge on any atom is 0.326 e. The van der Waals surface area contributed by atoms with Crippen molar-refractivity contribution in [3.63, 3.8) is 0 Å². The second-order valence-electron chi connectivity index (χ2n) is 15.0. The van der Waals surface area contributed by atoms with Crippen molar-refractivity contribution >= 4 is 65.2 Å². The van der Waals surface area contributed by atoms with Gasteiger partial charge in [-0.25, -0.2) is 4.79 Å². The number of carboxylic acids is 3. The number of nitrogens with one attached hydrogen (secondary N) is 7. The molecule has 23 nitrogen and oxygen atoms in total. The Morgan fingerprint density at radius 3 is 1.12 bits per heavy atom. The van der Waals surface area contributed by atoms with Crippen LogP contribution in [0.4, 0.5) is 0 Å². The Balaban J connectivity index is 5.78. The van der Waals surface area contributed by atoms with Gasteiger partial charge in [-0.2, -0.15) is 0 Å². The Labute approximate surface area is 341 Å². The zero-order chi connectivity index (χ0) is 45.7. The Bertz CT molecular complexity index is 1540. The van der Waals surface area contributed by atoms with Gasteiger partial charge in [0.05, 0.1) is 6.04 Å². The highest BCUT2D eigenvalue weighted by Crippen LogP contribution is 2.09. The number of nitrogens with two attached hydrogens (primary N) is 2. The molecule has 0 saturated heterocycles. The lowest BCUT2D eigenvalue weighted by Gasteiger charge is -2.26. The molecule has 0 aliphatic carbocycles. The van der Waals surface area contributed by atoms with Crippen LogP contribution in [-0.2, 0) is 52.7 Å². The van der Waals surface area contributed by atoms with Crippen LogP contribution in [0.3, 0.4) is 0 Å². The highest BCUT2D eigenvalue weighted by atomic mass is 16.4. The Morgan fingerprint density at radius 1 is 0.424 bits per heavy atom. The Kier molecular flexibility index (Phi) is 23.6. The van der Waals surface area contributed by atoms with Gasteiger partial charge in [0.15, 0.2) is 0 Å². The van der Waals surface area contributed by atoms with E-state index >= 15 is 0 Å². The van der Waals surface area contributed by atoms with Crippen LogP contribution in [0.1, 0.15) is 99.8 Å². The minimum Gasteiger partial charge on any atom is -0.481 e. The molecule has 8 amide bonds. The van der Waals surface area contributed by atoms with Gasteiger partial charge in [-0.15, -0.1) is 0 Å². The number of aliphatic carboxylic acids is 3. The molecule has 0 rings (SSSR count). The number of hydrogen-bond donors (Lipinski definition) is 12. The van der Waals surface area contributed by atoms with Crippen LogP contribution >= 0.6 is 0 Å². The van der Waals surface area contributed by atoms with Crippen molar-refractivity contribution < 1.29 is 68.1 Å². The number of carbonyl (C=O) groups is 11. The van der Waals surface area contributed by atoms with Gasteiger partial charge in [0, 0.05) is 19.3 Å². The van der Waals surface area contributed by atoms with E-state index in [0.29, 0.717) is 0 Å². The molecule has 0 unspecified atom stereocenters. The second-order valence-corrected chi connectivity index (χ2v) is 15.0. The van der Waals surface area contributed by atoms with Crippen molar-refractivity contribution in [2.24, 2.45) is 23.3 Å². The van der Waals surface area contributed by atoms with E-state index in [4.69, 9.17) is 16.6 Å². The van der Waals surface area contributed by atoms with Crippen LogP contribution in [0.15, 0.2) is 0 Å². The van der Waals surface area contributed by atoms with E-state index in [9.17, 15) is 63.0 Å². The average molecular weight is 844 g/mol. The van der Waals surface area contributed by atoms with Crippen molar-refractivity contribution in [2.45, 2.75) is 148 Å². The van der Waals surface area contributed by atoms with Gasteiger partial charge >= 0.3 is 17.9 Å². The van der Waals surface area contributed by atoms with Crippen LogP contribution in [-0.4, -0.2) is 129 Å². The second kappa shape index (κ2) is 26.2. The van der Waals surface area contributed by atoms with Gasteiger partial charge in [-0.1, -0.05) is 27.7 Å². The fourth-order valence-electron chi connectivity index (χ4n) is 5.20. The summed E-state index contributed by atoms with van der Waals surface area (Å²) in [6, 6.07) is -10.6. The molecule has 0 radical (unpaired) electrons. The monoisotopic (exact) mass is 843 g/mol. The van der Waals surface area contributed by atoms with E-state index in [1.165, 1.54) is 20.8 Å². The minimum absolute atomic E-state index is 0.00173. The maximum atomic E-state index is 13.5. The van der Waals surface area contributed by atoms with Crippen molar-refractivity contribution in [3.8, 4) is 0 Å². The predicted octanol–water partition coefficient (Wildman–Crippen LogP) is -3.06. The van der Waals surface area contributed by atoms with E-state index in [1.807, 2.05) is 0 Å². The summed E-state index contributed by atoms with van der Waals surface area (Å²) >= 11 is 0. The molecule has 0 bridgehead atoms. The molecule has 0 fully saturated rings. The number of carbonyl (C=O) groups excluding carboxylic acids is 8.